The fourth-order valence-corrected chi connectivity index (χ4v) is 2.03. The number of hydrogen-bond acceptors (Lipinski definition) is 4. The maximum atomic E-state index is 11.8. The van der Waals surface area contributed by atoms with E-state index in [-0.39, 0.29) is 22.5 Å². The van der Waals surface area contributed by atoms with Crippen molar-refractivity contribution in [2.24, 2.45) is 0 Å². The molecular formula is C14H12BrNO3. The van der Waals surface area contributed by atoms with Gasteiger partial charge in [0, 0.05) is 5.56 Å². The van der Waals surface area contributed by atoms with E-state index in [1.807, 2.05) is 30.3 Å². The summed E-state index contributed by atoms with van der Waals surface area (Å²) in [7, 11) is 0. The quantitative estimate of drug-likeness (QED) is 0.695. The van der Waals surface area contributed by atoms with Gasteiger partial charge in [-0.05, 0) is 28.9 Å². The van der Waals surface area contributed by atoms with Crippen LogP contribution in [0.5, 0.6) is 5.75 Å². The molecule has 0 saturated heterocycles. The zero-order valence-corrected chi connectivity index (χ0v) is 11.8. The summed E-state index contributed by atoms with van der Waals surface area (Å²) in [6, 6.07) is 10.9. The summed E-state index contributed by atoms with van der Waals surface area (Å²) in [5, 5.41) is 9.86. The standard InChI is InChI=1S/C14H12BrNO3/c1-2-19-14(18)10-8-11(16-13(15)12(10)17)9-6-4-3-5-7-9/h3-8,17H,2H2,1H3. The summed E-state index contributed by atoms with van der Waals surface area (Å²) in [5.41, 5.74) is 1.55. The minimum atomic E-state index is -0.569. The molecule has 1 aromatic carbocycles. The molecule has 2 aromatic rings. The monoisotopic (exact) mass is 321 g/mol. The number of pyridine rings is 1. The Hall–Kier alpha value is -1.88. The zero-order valence-electron chi connectivity index (χ0n) is 10.3. The van der Waals surface area contributed by atoms with Gasteiger partial charge in [0.2, 0.25) is 0 Å². The molecule has 0 radical (unpaired) electrons. The lowest BCUT2D eigenvalue weighted by atomic mass is 10.1. The molecule has 1 N–H and O–H groups in total. The van der Waals surface area contributed by atoms with Crippen LogP contribution in [0, 0.1) is 0 Å². The highest BCUT2D eigenvalue weighted by atomic mass is 79.9. The van der Waals surface area contributed by atoms with Gasteiger partial charge in [-0.15, -0.1) is 0 Å². The van der Waals surface area contributed by atoms with Crippen LogP contribution in [-0.4, -0.2) is 22.7 Å². The molecule has 0 fully saturated rings. The van der Waals surface area contributed by atoms with Crippen molar-refractivity contribution in [1.29, 1.82) is 0 Å². The van der Waals surface area contributed by atoms with Gasteiger partial charge in [0.05, 0.1) is 12.3 Å². The largest absolute Gasteiger partial charge is 0.504 e. The van der Waals surface area contributed by atoms with Crippen molar-refractivity contribution < 1.29 is 14.6 Å². The van der Waals surface area contributed by atoms with Gasteiger partial charge < -0.3 is 9.84 Å². The van der Waals surface area contributed by atoms with Crippen molar-refractivity contribution >= 4 is 21.9 Å². The van der Waals surface area contributed by atoms with Crippen LogP contribution in [0.15, 0.2) is 41.0 Å². The maximum absolute atomic E-state index is 11.8. The Bertz CT molecular complexity index is 599. The van der Waals surface area contributed by atoms with Gasteiger partial charge in [-0.3, -0.25) is 0 Å². The third-order valence-corrected chi connectivity index (χ3v) is 3.07. The van der Waals surface area contributed by atoms with Crippen LogP contribution in [0.3, 0.4) is 0 Å². The van der Waals surface area contributed by atoms with Crippen LogP contribution in [-0.2, 0) is 4.74 Å². The zero-order chi connectivity index (χ0) is 13.8. The molecule has 1 aromatic heterocycles. The minimum absolute atomic E-state index is 0.0996. The Morgan fingerprint density at radius 3 is 2.68 bits per heavy atom. The summed E-state index contributed by atoms with van der Waals surface area (Å²) >= 11 is 3.14. The van der Waals surface area contributed by atoms with E-state index >= 15 is 0 Å². The Morgan fingerprint density at radius 2 is 2.05 bits per heavy atom. The number of hydrogen-bond donors (Lipinski definition) is 1. The van der Waals surface area contributed by atoms with Crippen molar-refractivity contribution in [2.75, 3.05) is 6.61 Å². The van der Waals surface area contributed by atoms with Crippen molar-refractivity contribution in [3.63, 3.8) is 0 Å². The van der Waals surface area contributed by atoms with Crippen LogP contribution in [0.2, 0.25) is 0 Å². The molecule has 2 rings (SSSR count). The first-order valence-electron chi connectivity index (χ1n) is 5.75. The minimum Gasteiger partial charge on any atom is -0.504 e. The fraction of sp³-hybridized carbons (Fsp3) is 0.143. The highest BCUT2D eigenvalue weighted by molar-refractivity contribution is 9.10. The lowest BCUT2D eigenvalue weighted by Crippen LogP contribution is -2.06. The number of halogens is 1. The number of nitrogens with zero attached hydrogens (tertiary/aromatic N) is 1. The Kier molecular flexibility index (Phi) is 4.16. The van der Waals surface area contributed by atoms with Gasteiger partial charge in [0.15, 0.2) is 5.75 Å². The van der Waals surface area contributed by atoms with E-state index in [0.717, 1.165) is 5.56 Å². The molecule has 5 heteroatoms. The predicted octanol–water partition coefficient (Wildman–Crippen LogP) is 3.39. The normalized spacial score (nSPS) is 10.2. The number of carbonyl (C=O) groups is 1. The second-order valence-corrected chi connectivity index (χ2v) is 4.53. The van der Waals surface area contributed by atoms with Gasteiger partial charge in [-0.2, -0.15) is 0 Å². The van der Waals surface area contributed by atoms with E-state index in [4.69, 9.17) is 4.74 Å². The molecule has 1 heterocycles. The number of carbonyl (C=O) groups excluding carboxylic acids is 1. The van der Waals surface area contributed by atoms with Gasteiger partial charge in [0.25, 0.3) is 0 Å². The average Bonchev–Trinajstić information content (AvgIpc) is 2.43. The molecule has 4 nitrogen and oxygen atoms in total. The second kappa shape index (κ2) is 5.84. The summed E-state index contributed by atoms with van der Waals surface area (Å²) in [4.78, 5) is 16.0. The Labute approximate surface area is 119 Å². The second-order valence-electron chi connectivity index (χ2n) is 3.78. The summed E-state index contributed by atoms with van der Waals surface area (Å²) < 4.78 is 5.13. The molecule has 0 spiro atoms. The lowest BCUT2D eigenvalue weighted by molar-refractivity contribution is 0.0523. The predicted molar refractivity (Wildman–Crippen MR) is 75.0 cm³/mol. The van der Waals surface area contributed by atoms with Crippen molar-refractivity contribution in [3.05, 3.63) is 46.6 Å². The van der Waals surface area contributed by atoms with Crippen LogP contribution >= 0.6 is 15.9 Å². The molecule has 0 bridgehead atoms. The molecule has 98 valence electrons. The van der Waals surface area contributed by atoms with E-state index in [9.17, 15) is 9.90 Å². The molecule has 0 atom stereocenters. The number of ether oxygens (including phenoxy) is 1. The SMILES string of the molecule is CCOC(=O)c1cc(-c2ccccc2)nc(Br)c1O. The van der Waals surface area contributed by atoms with Gasteiger partial charge >= 0.3 is 5.97 Å². The first-order valence-corrected chi connectivity index (χ1v) is 6.54. The summed E-state index contributed by atoms with van der Waals surface area (Å²) in [6.45, 7) is 1.96. The summed E-state index contributed by atoms with van der Waals surface area (Å²) in [6.07, 6.45) is 0. The molecule has 0 saturated carbocycles. The topological polar surface area (TPSA) is 59.4 Å². The number of esters is 1. The first-order chi connectivity index (χ1) is 9.13. The van der Waals surface area contributed by atoms with Gasteiger partial charge in [-0.25, -0.2) is 9.78 Å². The van der Waals surface area contributed by atoms with Crippen molar-refractivity contribution in [2.45, 2.75) is 6.92 Å². The maximum Gasteiger partial charge on any atom is 0.342 e. The summed E-state index contributed by atoms with van der Waals surface area (Å²) in [5.74, 6) is -0.779. The van der Waals surface area contributed by atoms with Crippen molar-refractivity contribution in [1.82, 2.24) is 4.98 Å². The lowest BCUT2D eigenvalue weighted by Gasteiger charge is -2.08. The average molecular weight is 322 g/mol. The van der Waals surface area contributed by atoms with Crippen LogP contribution in [0.25, 0.3) is 11.3 Å². The van der Waals surface area contributed by atoms with Crippen LogP contribution in [0.1, 0.15) is 17.3 Å². The molecule has 0 amide bonds. The highest BCUT2D eigenvalue weighted by Crippen LogP contribution is 2.31. The van der Waals surface area contributed by atoms with Crippen LogP contribution < -0.4 is 0 Å². The molecular weight excluding hydrogens is 310 g/mol. The fourth-order valence-electron chi connectivity index (χ4n) is 1.63. The van der Waals surface area contributed by atoms with E-state index in [0.29, 0.717) is 5.69 Å². The molecule has 0 aliphatic rings. The number of aromatic hydroxyl groups is 1. The Balaban J connectivity index is 2.51. The van der Waals surface area contributed by atoms with Gasteiger partial charge in [-0.1, -0.05) is 30.3 Å². The number of rotatable bonds is 3. The van der Waals surface area contributed by atoms with E-state index in [2.05, 4.69) is 20.9 Å². The number of aromatic nitrogens is 1. The van der Waals surface area contributed by atoms with Crippen molar-refractivity contribution in [3.8, 4) is 17.0 Å². The van der Waals surface area contributed by atoms with E-state index < -0.39 is 5.97 Å². The first kappa shape index (κ1) is 13.5. The molecule has 0 unspecified atom stereocenters. The van der Waals surface area contributed by atoms with Gasteiger partial charge in [0.1, 0.15) is 10.2 Å². The number of benzene rings is 1. The van der Waals surface area contributed by atoms with Crippen LogP contribution in [0.4, 0.5) is 0 Å². The molecule has 0 aliphatic carbocycles. The molecule has 0 aliphatic heterocycles. The Morgan fingerprint density at radius 1 is 1.37 bits per heavy atom. The van der Waals surface area contributed by atoms with E-state index in [1.165, 1.54) is 6.07 Å². The van der Waals surface area contributed by atoms with E-state index in [1.54, 1.807) is 6.92 Å². The smallest absolute Gasteiger partial charge is 0.342 e. The third-order valence-electron chi connectivity index (χ3n) is 2.52. The third kappa shape index (κ3) is 2.93. The highest BCUT2D eigenvalue weighted by Gasteiger charge is 2.18. The molecule has 19 heavy (non-hydrogen) atoms.